The van der Waals surface area contributed by atoms with E-state index < -0.39 is 0 Å². The SMILES string of the molecule is CC(C)(C)NCCC(=O)NCCCn1cccn1. The molecule has 0 spiro atoms. The summed E-state index contributed by atoms with van der Waals surface area (Å²) in [4.78, 5) is 11.5. The number of aromatic nitrogens is 2. The average Bonchev–Trinajstić information content (AvgIpc) is 2.75. The summed E-state index contributed by atoms with van der Waals surface area (Å²) < 4.78 is 1.87. The van der Waals surface area contributed by atoms with Gasteiger partial charge in [-0.25, -0.2) is 0 Å². The predicted molar refractivity (Wildman–Crippen MR) is 72.2 cm³/mol. The second kappa shape index (κ2) is 7.16. The molecule has 1 aromatic heterocycles. The van der Waals surface area contributed by atoms with Crippen molar-refractivity contribution in [2.75, 3.05) is 13.1 Å². The van der Waals surface area contributed by atoms with E-state index in [0.29, 0.717) is 19.5 Å². The third kappa shape index (κ3) is 7.06. The number of amides is 1. The van der Waals surface area contributed by atoms with E-state index in [1.807, 2.05) is 16.9 Å². The van der Waals surface area contributed by atoms with Crippen LogP contribution in [0, 0.1) is 0 Å². The highest BCUT2D eigenvalue weighted by Crippen LogP contribution is 1.97. The van der Waals surface area contributed by atoms with E-state index in [0.717, 1.165) is 13.0 Å². The molecule has 1 rings (SSSR count). The van der Waals surface area contributed by atoms with Crippen LogP contribution in [0.3, 0.4) is 0 Å². The van der Waals surface area contributed by atoms with Crippen molar-refractivity contribution < 1.29 is 4.79 Å². The van der Waals surface area contributed by atoms with E-state index in [1.54, 1.807) is 6.20 Å². The van der Waals surface area contributed by atoms with Gasteiger partial charge in [0, 0.05) is 44.0 Å². The average molecular weight is 252 g/mol. The van der Waals surface area contributed by atoms with Gasteiger partial charge < -0.3 is 10.6 Å². The van der Waals surface area contributed by atoms with Crippen LogP contribution in [-0.2, 0) is 11.3 Å². The molecule has 0 aromatic carbocycles. The highest BCUT2D eigenvalue weighted by Gasteiger charge is 2.09. The van der Waals surface area contributed by atoms with E-state index in [9.17, 15) is 4.79 Å². The van der Waals surface area contributed by atoms with Crippen molar-refractivity contribution in [2.45, 2.75) is 45.7 Å². The molecule has 0 aliphatic heterocycles. The highest BCUT2D eigenvalue weighted by atomic mass is 16.1. The number of rotatable bonds is 7. The minimum absolute atomic E-state index is 0.0698. The monoisotopic (exact) mass is 252 g/mol. The Bertz CT molecular complexity index is 340. The molecule has 18 heavy (non-hydrogen) atoms. The number of carbonyl (C=O) groups excluding carboxylic acids is 1. The first-order chi connectivity index (χ1) is 8.47. The van der Waals surface area contributed by atoms with Crippen LogP contribution in [-0.4, -0.2) is 34.3 Å². The lowest BCUT2D eigenvalue weighted by molar-refractivity contribution is -0.121. The Morgan fingerprint density at radius 3 is 2.72 bits per heavy atom. The molecule has 0 fully saturated rings. The second-order valence-corrected chi connectivity index (χ2v) is 5.40. The Hall–Kier alpha value is -1.36. The van der Waals surface area contributed by atoms with Gasteiger partial charge in [-0.3, -0.25) is 9.48 Å². The maximum atomic E-state index is 11.5. The zero-order chi connectivity index (χ0) is 13.4. The number of nitrogens with zero attached hydrogens (tertiary/aromatic N) is 2. The van der Waals surface area contributed by atoms with Crippen molar-refractivity contribution in [1.29, 1.82) is 0 Å². The largest absolute Gasteiger partial charge is 0.356 e. The molecular formula is C13H24N4O. The number of aryl methyl sites for hydroxylation is 1. The van der Waals surface area contributed by atoms with Crippen molar-refractivity contribution >= 4 is 5.91 Å². The Morgan fingerprint density at radius 1 is 1.33 bits per heavy atom. The number of carbonyl (C=O) groups is 1. The van der Waals surface area contributed by atoms with Gasteiger partial charge in [0.2, 0.25) is 5.91 Å². The van der Waals surface area contributed by atoms with E-state index >= 15 is 0 Å². The molecule has 0 aliphatic rings. The minimum atomic E-state index is 0.0698. The Kier molecular flexibility index (Phi) is 5.85. The molecule has 0 saturated carbocycles. The van der Waals surface area contributed by atoms with Crippen LogP contribution in [0.15, 0.2) is 18.5 Å². The molecule has 1 amide bonds. The smallest absolute Gasteiger partial charge is 0.221 e. The first-order valence-corrected chi connectivity index (χ1v) is 6.46. The summed E-state index contributed by atoms with van der Waals surface area (Å²) in [5, 5.41) is 10.3. The molecule has 1 aromatic rings. The first-order valence-electron chi connectivity index (χ1n) is 6.46. The minimum Gasteiger partial charge on any atom is -0.356 e. The van der Waals surface area contributed by atoms with E-state index in [4.69, 9.17) is 0 Å². The fourth-order valence-electron chi connectivity index (χ4n) is 1.54. The van der Waals surface area contributed by atoms with Gasteiger partial charge in [0.25, 0.3) is 0 Å². The molecule has 5 heteroatoms. The molecule has 0 unspecified atom stereocenters. The third-order valence-corrected chi connectivity index (χ3v) is 2.45. The lowest BCUT2D eigenvalue weighted by Crippen LogP contribution is -2.38. The van der Waals surface area contributed by atoms with Crippen molar-refractivity contribution in [3.05, 3.63) is 18.5 Å². The van der Waals surface area contributed by atoms with Crippen LogP contribution in [0.5, 0.6) is 0 Å². The van der Waals surface area contributed by atoms with E-state index in [2.05, 4.69) is 36.5 Å². The van der Waals surface area contributed by atoms with Gasteiger partial charge >= 0.3 is 0 Å². The highest BCUT2D eigenvalue weighted by molar-refractivity contribution is 5.75. The summed E-state index contributed by atoms with van der Waals surface area (Å²) >= 11 is 0. The Labute approximate surface area is 109 Å². The summed E-state index contributed by atoms with van der Waals surface area (Å²) in [5.74, 6) is 0.104. The molecule has 0 bridgehead atoms. The topological polar surface area (TPSA) is 59.0 Å². The molecule has 0 atom stereocenters. The summed E-state index contributed by atoms with van der Waals surface area (Å²) in [7, 11) is 0. The van der Waals surface area contributed by atoms with Crippen LogP contribution < -0.4 is 10.6 Å². The fourth-order valence-corrected chi connectivity index (χ4v) is 1.54. The first kappa shape index (κ1) is 14.7. The maximum Gasteiger partial charge on any atom is 0.221 e. The molecular weight excluding hydrogens is 228 g/mol. The lowest BCUT2D eigenvalue weighted by atomic mass is 10.1. The van der Waals surface area contributed by atoms with Gasteiger partial charge in [-0.2, -0.15) is 5.10 Å². The molecule has 0 saturated heterocycles. The van der Waals surface area contributed by atoms with E-state index in [-0.39, 0.29) is 11.4 Å². The normalized spacial score (nSPS) is 11.5. The van der Waals surface area contributed by atoms with Gasteiger partial charge in [-0.1, -0.05) is 0 Å². The van der Waals surface area contributed by atoms with Gasteiger partial charge in [-0.15, -0.1) is 0 Å². The second-order valence-electron chi connectivity index (χ2n) is 5.40. The van der Waals surface area contributed by atoms with Gasteiger partial charge in [-0.05, 0) is 33.3 Å². The number of hydrogen-bond donors (Lipinski definition) is 2. The lowest BCUT2D eigenvalue weighted by Gasteiger charge is -2.20. The predicted octanol–water partition coefficient (Wildman–Crippen LogP) is 1.17. The Balaban J connectivity index is 2.00. The molecule has 102 valence electrons. The maximum absolute atomic E-state index is 11.5. The van der Waals surface area contributed by atoms with Crippen LogP contribution in [0.4, 0.5) is 0 Å². The summed E-state index contributed by atoms with van der Waals surface area (Å²) in [5.41, 5.74) is 0.0698. The zero-order valence-corrected chi connectivity index (χ0v) is 11.6. The summed E-state index contributed by atoms with van der Waals surface area (Å²) in [6, 6.07) is 1.90. The van der Waals surface area contributed by atoms with Crippen LogP contribution in [0.2, 0.25) is 0 Å². The molecule has 1 heterocycles. The number of nitrogens with one attached hydrogen (secondary N) is 2. The van der Waals surface area contributed by atoms with E-state index in [1.165, 1.54) is 0 Å². The standard InChI is InChI=1S/C13H24N4O/c1-13(2,3)15-9-6-12(18)14-7-4-10-17-11-5-8-16-17/h5,8,11,15H,4,6-7,9-10H2,1-3H3,(H,14,18). The van der Waals surface area contributed by atoms with Crippen molar-refractivity contribution in [2.24, 2.45) is 0 Å². The van der Waals surface area contributed by atoms with Crippen LogP contribution >= 0.6 is 0 Å². The fraction of sp³-hybridized carbons (Fsp3) is 0.692. The van der Waals surface area contributed by atoms with Gasteiger partial charge in [0.05, 0.1) is 0 Å². The van der Waals surface area contributed by atoms with Crippen molar-refractivity contribution in [3.63, 3.8) is 0 Å². The molecule has 0 aliphatic carbocycles. The molecule has 0 radical (unpaired) electrons. The zero-order valence-electron chi connectivity index (χ0n) is 11.6. The van der Waals surface area contributed by atoms with Crippen LogP contribution in [0.1, 0.15) is 33.6 Å². The third-order valence-electron chi connectivity index (χ3n) is 2.45. The van der Waals surface area contributed by atoms with Gasteiger partial charge in [0.1, 0.15) is 0 Å². The quantitative estimate of drug-likeness (QED) is 0.716. The van der Waals surface area contributed by atoms with Crippen LogP contribution in [0.25, 0.3) is 0 Å². The molecule has 2 N–H and O–H groups in total. The summed E-state index contributed by atoms with van der Waals surface area (Å²) in [6.45, 7) is 8.54. The number of hydrogen-bond acceptors (Lipinski definition) is 3. The summed E-state index contributed by atoms with van der Waals surface area (Å²) in [6.07, 6.45) is 5.12. The Morgan fingerprint density at radius 2 is 2.11 bits per heavy atom. The van der Waals surface area contributed by atoms with Crippen molar-refractivity contribution in [3.8, 4) is 0 Å². The van der Waals surface area contributed by atoms with Gasteiger partial charge in [0.15, 0.2) is 0 Å². The van der Waals surface area contributed by atoms with Crippen molar-refractivity contribution in [1.82, 2.24) is 20.4 Å². The molecule has 5 nitrogen and oxygen atoms in total.